The lowest BCUT2D eigenvalue weighted by Gasteiger charge is -2.33. The van der Waals surface area contributed by atoms with Crippen LogP contribution in [0.4, 0.5) is 5.69 Å². The molecule has 0 spiro atoms. The van der Waals surface area contributed by atoms with Crippen LogP contribution in [0.25, 0.3) is 11.3 Å². The summed E-state index contributed by atoms with van der Waals surface area (Å²) in [7, 11) is 0. The molecule has 7 nitrogen and oxygen atoms in total. The van der Waals surface area contributed by atoms with E-state index in [2.05, 4.69) is 16.1 Å². The van der Waals surface area contributed by atoms with Crippen molar-refractivity contribution in [3.63, 3.8) is 0 Å². The van der Waals surface area contributed by atoms with E-state index in [1.807, 2.05) is 0 Å². The number of anilines is 1. The molecule has 1 saturated heterocycles. The number of aromatic carboxylic acids is 1. The maximum Gasteiger partial charge on any atom is 0.335 e. The summed E-state index contributed by atoms with van der Waals surface area (Å²) in [6.07, 6.45) is 4.03. The fraction of sp³-hybridized carbons (Fsp3) is 0.370. The molecule has 2 saturated carbocycles. The highest BCUT2D eigenvalue weighted by molar-refractivity contribution is 6.39. The third kappa shape index (κ3) is 4.03. The number of rotatable bonds is 7. The number of carboxylic acid groups (broad SMARTS) is 1. The molecule has 1 aromatic heterocycles. The Hall–Kier alpha value is -3.05. The SMILES string of the molecule is N#Cc1cc(C(=O)O)ccc1N1C[C@@H]2C[C@H]1C[C@H]2OCc1c(-c2c(Cl)cccc2Cl)noc1C1CC1. The van der Waals surface area contributed by atoms with Gasteiger partial charge in [0, 0.05) is 35.5 Å². The molecule has 184 valence electrons. The highest BCUT2D eigenvalue weighted by Gasteiger charge is 2.46. The molecule has 3 aliphatic rings. The van der Waals surface area contributed by atoms with Gasteiger partial charge < -0.3 is 19.3 Å². The van der Waals surface area contributed by atoms with Gasteiger partial charge in [-0.05, 0) is 56.0 Å². The van der Waals surface area contributed by atoms with Crippen LogP contribution in [-0.4, -0.2) is 34.9 Å². The number of nitrogens with zero attached hydrogens (tertiary/aromatic N) is 3. The fourth-order valence-electron chi connectivity index (χ4n) is 5.65. The normalized spacial score (nSPS) is 22.7. The highest BCUT2D eigenvalue weighted by atomic mass is 35.5. The standard InChI is InChI=1S/C27H23Cl2N3O4/c28-20-2-1-3-21(29)24(20)25-19(26(36-31-25)14-4-5-14)13-35-23-10-18-9-17(23)12-32(18)22-7-6-15(27(33)34)8-16(22)11-30/h1-3,6-8,14,17-18,23H,4-5,9-10,12-13H2,(H,33,34)/t17-,18-,23+/m0/s1. The quantitative estimate of drug-likeness (QED) is 0.388. The molecule has 2 heterocycles. The molecule has 2 aliphatic carbocycles. The van der Waals surface area contributed by atoms with Gasteiger partial charge in [0.15, 0.2) is 0 Å². The van der Waals surface area contributed by atoms with Crippen molar-refractivity contribution in [2.24, 2.45) is 5.92 Å². The average Bonchev–Trinajstić information content (AvgIpc) is 3.32. The van der Waals surface area contributed by atoms with Crippen molar-refractivity contribution in [1.29, 1.82) is 5.26 Å². The Morgan fingerprint density at radius 3 is 2.64 bits per heavy atom. The minimum Gasteiger partial charge on any atom is -0.478 e. The minimum absolute atomic E-state index is 0.0756. The third-order valence-corrected chi connectivity index (χ3v) is 8.19. The van der Waals surface area contributed by atoms with Crippen molar-refractivity contribution >= 4 is 34.9 Å². The molecule has 3 atom stereocenters. The molecule has 0 amide bonds. The second-order valence-corrected chi connectivity index (χ2v) is 10.6. The van der Waals surface area contributed by atoms with E-state index in [4.69, 9.17) is 32.5 Å². The Balaban J connectivity index is 1.20. The summed E-state index contributed by atoms with van der Waals surface area (Å²) in [5.41, 5.74) is 3.54. The number of nitriles is 1. The van der Waals surface area contributed by atoms with Crippen LogP contribution in [0.3, 0.4) is 0 Å². The molecule has 0 radical (unpaired) electrons. The average molecular weight is 524 g/mol. The van der Waals surface area contributed by atoms with E-state index in [1.165, 1.54) is 6.07 Å². The summed E-state index contributed by atoms with van der Waals surface area (Å²) < 4.78 is 12.2. The summed E-state index contributed by atoms with van der Waals surface area (Å²) in [6, 6.07) is 12.6. The molecular weight excluding hydrogens is 501 g/mol. The van der Waals surface area contributed by atoms with Gasteiger partial charge in [-0.2, -0.15) is 5.26 Å². The number of benzene rings is 2. The molecule has 3 aromatic rings. The summed E-state index contributed by atoms with van der Waals surface area (Å²) >= 11 is 13.0. The predicted octanol–water partition coefficient (Wildman–Crippen LogP) is 6.28. The van der Waals surface area contributed by atoms with E-state index in [0.29, 0.717) is 45.3 Å². The first-order chi connectivity index (χ1) is 17.4. The number of hydrogen-bond acceptors (Lipinski definition) is 6. The van der Waals surface area contributed by atoms with Crippen LogP contribution in [0.1, 0.15) is 58.8 Å². The first-order valence-corrected chi connectivity index (χ1v) is 12.8. The maximum atomic E-state index is 11.3. The Morgan fingerprint density at radius 2 is 2.00 bits per heavy atom. The smallest absolute Gasteiger partial charge is 0.335 e. The van der Waals surface area contributed by atoms with Gasteiger partial charge in [-0.1, -0.05) is 34.4 Å². The Bertz CT molecular complexity index is 1370. The first-order valence-electron chi connectivity index (χ1n) is 12.0. The lowest BCUT2D eigenvalue weighted by atomic mass is 10.0. The first kappa shape index (κ1) is 23.4. The van der Waals surface area contributed by atoms with Crippen LogP contribution in [0.2, 0.25) is 10.0 Å². The van der Waals surface area contributed by atoms with Gasteiger partial charge in [-0.25, -0.2) is 4.79 Å². The van der Waals surface area contributed by atoms with Gasteiger partial charge in [-0.15, -0.1) is 0 Å². The predicted molar refractivity (Wildman–Crippen MR) is 134 cm³/mol. The summed E-state index contributed by atoms with van der Waals surface area (Å²) in [4.78, 5) is 13.5. The van der Waals surface area contributed by atoms with E-state index in [1.54, 1.807) is 30.3 Å². The molecule has 3 fully saturated rings. The molecule has 2 aromatic carbocycles. The number of aromatic nitrogens is 1. The van der Waals surface area contributed by atoms with Gasteiger partial charge in [-0.3, -0.25) is 0 Å². The van der Waals surface area contributed by atoms with Crippen molar-refractivity contribution in [1.82, 2.24) is 5.16 Å². The highest BCUT2D eigenvalue weighted by Crippen LogP contribution is 2.47. The second kappa shape index (κ2) is 9.11. The zero-order valence-electron chi connectivity index (χ0n) is 19.3. The van der Waals surface area contributed by atoms with E-state index < -0.39 is 5.97 Å². The Labute approximate surface area is 218 Å². The van der Waals surface area contributed by atoms with Crippen LogP contribution in [0.15, 0.2) is 40.9 Å². The molecule has 0 unspecified atom stereocenters. The van der Waals surface area contributed by atoms with Crippen LogP contribution in [0.5, 0.6) is 0 Å². The lowest BCUT2D eigenvalue weighted by Crippen LogP contribution is -2.39. The van der Waals surface area contributed by atoms with Crippen LogP contribution in [-0.2, 0) is 11.3 Å². The maximum absolute atomic E-state index is 11.3. The Kier molecular flexibility index (Phi) is 5.91. The number of piperidine rings is 1. The molecule has 1 aliphatic heterocycles. The van der Waals surface area contributed by atoms with Crippen molar-refractivity contribution in [2.75, 3.05) is 11.4 Å². The topological polar surface area (TPSA) is 99.6 Å². The summed E-state index contributed by atoms with van der Waals surface area (Å²) in [5.74, 6) is 0.506. The Morgan fingerprint density at radius 1 is 1.22 bits per heavy atom. The number of ether oxygens (including phenoxy) is 1. The van der Waals surface area contributed by atoms with E-state index in [9.17, 15) is 15.2 Å². The van der Waals surface area contributed by atoms with Gasteiger partial charge in [0.1, 0.15) is 17.5 Å². The molecule has 9 heteroatoms. The molecular formula is C27H23Cl2N3O4. The van der Waals surface area contributed by atoms with Gasteiger partial charge >= 0.3 is 5.97 Å². The minimum atomic E-state index is -1.04. The monoisotopic (exact) mass is 523 g/mol. The number of fused-ring (bicyclic) bond motifs is 2. The van der Waals surface area contributed by atoms with Crippen molar-refractivity contribution in [3.8, 4) is 17.3 Å². The van der Waals surface area contributed by atoms with E-state index in [-0.39, 0.29) is 17.7 Å². The van der Waals surface area contributed by atoms with Crippen LogP contribution in [0, 0.1) is 17.2 Å². The molecule has 6 rings (SSSR count). The van der Waals surface area contributed by atoms with Crippen LogP contribution >= 0.6 is 23.2 Å². The summed E-state index contributed by atoms with van der Waals surface area (Å²) in [5, 5.41) is 24.3. The van der Waals surface area contributed by atoms with E-state index >= 15 is 0 Å². The fourth-order valence-corrected chi connectivity index (χ4v) is 6.23. The lowest BCUT2D eigenvalue weighted by molar-refractivity contribution is 0.0122. The molecule has 1 N–H and O–H groups in total. The van der Waals surface area contributed by atoms with Gasteiger partial charge in [0.2, 0.25) is 0 Å². The zero-order chi connectivity index (χ0) is 25.0. The van der Waals surface area contributed by atoms with Crippen molar-refractivity contribution < 1.29 is 19.2 Å². The number of carboxylic acids is 1. The van der Waals surface area contributed by atoms with Crippen LogP contribution < -0.4 is 4.90 Å². The van der Waals surface area contributed by atoms with Gasteiger partial charge in [0.05, 0.1) is 39.6 Å². The summed E-state index contributed by atoms with van der Waals surface area (Å²) in [6.45, 7) is 1.13. The zero-order valence-corrected chi connectivity index (χ0v) is 20.8. The van der Waals surface area contributed by atoms with Crippen molar-refractivity contribution in [2.45, 2.75) is 50.4 Å². The van der Waals surface area contributed by atoms with Gasteiger partial charge in [0.25, 0.3) is 0 Å². The molecule has 36 heavy (non-hydrogen) atoms. The van der Waals surface area contributed by atoms with E-state index in [0.717, 1.165) is 49.2 Å². The largest absolute Gasteiger partial charge is 0.478 e. The second-order valence-electron chi connectivity index (χ2n) is 9.78. The number of hydrogen-bond donors (Lipinski definition) is 1. The third-order valence-electron chi connectivity index (χ3n) is 7.56. The van der Waals surface area contributed by atoms with Crippen molar-refractivity contribution in [3.05, 3.63) is 68.9 Å². The number of halogens is 2. The number of carbonyl (C=O) groups is 1. The molecule has 2 bridgehead atoms.